The normalized spacial score (nSPS) is 17.6. The fourth-order valence-electron chi connectivity index (χ4n) is 3.22. The van der Waals surface area contributed by atoms with Crippen LogP contribution in [-0.2, 0) is 19.0 Å². The zero-order valence-corrected chi connectivity index (χ0v) is 16.4. The van der Waals surface area contributed by atoms with Crippen LogP contribution >= 0.6 is 0 Å². The SMILES string of the molecule is CCCCCCCCCCCCCCCCOCC1COCC(=O)O1. The molecular weight excluding hydrogens is 316 g/mol. The number of esters is 1. The van der Waals surface area contributed by atoms with Gasteiger partial charge in [-0.15, -0.1) is 0 Å². The molecule has 1 heterocycles. The second-order valence-electron chi connectivity index (χ2n) is 7.30. The van der Waals surface area contributed by atoms with E-state index >= 15 is 0 Å². The summed E-state index contributed by atoms with van der Waals surface area (Å²) < 4.78 is 15.8. The summed E-state index contributed by atoms with van der Waals surface area (Å²) in [4.78, 5) is 11.0. The van der Waals surface area contributed by atoms with E-state index in [1.54, 1.807) is 0 Å². The van der Waals surface area contributed by atoms with Crippen LogP contribution in [0.25, 0.3) is 0 Å². The van der Waals surface area contributed by atoms with Gasteiger partial charge < -0.3 is 14.2 Å². The van der Waals surface area contributed by atoms with Crippen molar-refractivity contribution in [2.24, 2.45) is 0 Å². The Kier molecular flexibility index (Phi) is 15.1. The van der Waals surface area contributed by atoms with Gasteiger partial charge in [0, 0.05) is 6.61 Å². The zero-order chi connectivity index (χ0) is 18.0. The minimum Gasteiger partial charge on any atom is -0.456 e. The maximum Gasteiger partial charge on any atom is 0.332 e. The third-order valence-electron chi connectivity index (χ3n) is 4.77. The second kappa shape index (κ2) is 16.8. The van der Waals surface area contributed by atoms with E-state index in [-0.39, 0.29) is 18.7 Å². The summed E-state index contributed by atoms with van der Waals surface area (Å²) in [6.07, 6.45) is 18.9. The first kappa shape index (κ1) is 22.4. The summed E-state index contributed by atoms with van der Waals surface area (Å²) in [5.41, 5.74) is 0. The summed E-state index contributed by atoms with van der Waals surface area (Å²) in [7, 11) is 0. The van der Waals surface area contributed by atoms with Crippen LogP contribution in [0.15, 0.2) is 0 Å². The molecule has 0 spiro atoms. The molecule has 1 rings (SSSR count). The van der Waals surface area contributed by atoms with E-state index in [4.69, 9.17) is 14.2 Å². The largest absolute Gasteiger partial charge is 0.456 e. The number of ether oxygens (including phenoxy) is 3. The molecule has 1 fully saturated rings. The van der Waals surface area contributed by atoms with Crippen LogP contribution in [0.2, 0.25) is 0 Å². The summed E-state index contributed by atoms with van der Waals surface area (Å²) in [5.74, 6) is -0.281. The Morgan fingerprint density at radius 1 is 0.840 bits per heavy atom. The highest BCUT2D eigenvalue weighted by Crippen LogP contribution is 2.13. The minimum absolute atomic E-state index is 0.0788. The molecule has 0 amide bonds. The number of unbranched alkanes of at least 4 members (excludes halogenated alkanes) is 13. The van der Waals surface area contributed by atoms with E-state index in [2.05, 4.69) is 6.92 Å². The molecule has 0 aliphatic carbocycles. The molecule has 0 saturated carbocycles. The lowest BCUT2D eigenvalue weighted by atomic mass is 10.0. The lowest BCUT2D eigenvalue weighted by Gasteiger charge is -2.22. The topological polar surface area (TPSA) is 44.8 Å². The summed E-state index contributed by atoms with van der Waals surface area (Å²) in [5, 5.41) is 0. The smallest absolute Gasteiger partial charge is 0.332 e. The van der Waals surface area contributed by atoms with Crippen molar-refractivity contribution in [2.75, 3.05) is 26.4 Å². The van der Waals surface area contributed by atoms with Crippen LogP contribution in [0.1, 0.15) is 96.8 Å². The molecule has 0 aromatic rings. The van der Waals surface area contributed by atoms with E-state index < -0.39 is 0 Å². The number of rotatable bonds is 17. The number of hydrogen-bond acceptors (Lipinski definition) is 4. The molecule has 0 radical (unpaired) electrons. The molecular formula is C21H40O4. The van der Waals surface area contributed by atoms with Crippen molar-refractivity contribution in [1.82, 2.24) is 0 Å². The monoisotopic (exact) mass is 356 g/mol. The molecule has 0 bridgehead atoms. The number of cyclic esters (lactones) is 1. The molecule has 4 heteroatoms. The Morgan fingerprint density at radius 2 is 1.36 bits per heavy atom. The molecule has 0 N–H and O–H groups in total. The maximum atomic E-state index is 11.0. The van der Waals surface area contributed by atoms with Crippen LogP contribution < -0.4 is 0 Å². The van der Waals surface area contributed by atoms with Gasteiger partial charge >= 0.3 is 5.97 Å². The third-order valence-corrected chi connectivity index (χ3v) is 4.77. The van der Waals surface area contributed by atoms with Crippen molar-refractivity contribution in [3.8, 4) is 0 Å². The quantitative estimate of drug-likeness (QED) is 0.258. The van der Waals surface area contributed by atoms with Gasteiger partial charge in [0.2, 0.25) is 0 Å². The van der Waals surface area contributed by atoms with Gasteiger partial charge in [0.05, 0.1) is 13.2 Å². The third kappa shape index (κ3) is 14.3. The fraction of sp³-hybridized carbons (Fsp3) is 0.952. The predicted octanol–water partition coefficient (Wildman–Crippen LogP) is 5.43. The fourth-order valence-corrected chi connectivity index (χ4v) is 3.22. The number of carbonyl (C=O) groups excluding carboxylic acids is 1. The molecule has 4 nitrogen and oxygen atoms in total. The predicted molar refractivity (Wildman–Crippen MR) is 102 cm³/mol. The van der Waals surface area contributed by atoms with Gasteiger partial charge in [0.25, 0.3) is 0 Å². The first-order chi connectivity index (χ1) is 12.3. The molecule has 0 aromatic heterocycles. The maximum absolute atomic E-state index is 11.0. The van der Waals surface area contributed by atoms with Crippen LogP contribution in [0.5, 0.6) is 0 Å². The van der Waals surface area contributed by atoms with Crippen LogP contribution in [0.4, 0.5) is 0 Å². The molecule has 1 aliphatic heterocycles. The Bertz CT molecular complexity index is 306. The standard InChI is InChI=1S/C21H40O4/c1-2-3-4-5-6-7-8-9-10-11-12-13-14-15-16-23-17-20-18-24-19-21(22)25-20/h20H,2-19H2,1H3. The zero-order valence-electron chi connectivity index (χ0n) is 16.4. The van der Waals surface area contributed by atoms with Crippen LogP contribution in [0, 0.1) is 0 Å². The summed E-state index contributed by atoms with van der Waals surface area (Å²) in [6, 6.07) is 0. The number of hydrogen-bond donors (Lipinski definition) is 0. The average molecular weight is 357 g/mol. The lowest BCUT2D eigenvalue weighted by molar-refractivity contribution is -0.175. The summed E-state index contributed by atoms with van der Waals surface area (Å²) >= 11 is 0. The van der Waals surface area contributed by atoms with Crippen molar-refractivity contribution in [1.29, 1.82) is 0 Å². The summed E-state index contributed by atoms with van der Waals surface area (Å²) in [6.45, 7) is 4.04. The Hall–Kier alpha value is -0.610. The molecule has 148 valence electrons. The second-order valence-corrected chi connectivity index (χ2v) is 7.30. The van der Waals surface area contributed by atoms with Crippen molar-refractivity contribution in [3.05, 3.63) is 0 Å². The minimum atomic E-state index is -0.281. The molecule has 1 saturated heterocycles. The average Bonchev–Trinajstić information content (AvgIpc) is 2.61. The van der Waals surface area contributed by atoms with E-state index in [0.717, 1.165) is 13.0 Å². The van der Waals surface area contributed by atoms with Crippen molar-refractivity contribution in [2.45, 2.75) is 103 Å². The molecule has 1 unspecified atom stereocenters. The highest BCUT2D eigenvalue weighted by molar-refractivity contribution is 5.71. The van der Waals surface area contributed by atoms with Crippen LogP contribution in [0.3, 0.4) is 0 Å². The highest BCUT2D eigenvalue weighted by atomic mass is 16.6. The first-order valence-electron chi connectivity index (χ1n) is 10.7. The molecule has 25 heavy (non-hydrogen) atoms. The van der Waals surface area contributed by atoms with Crippen molar-refractivity contribution in [3.63, 3.8) is 0 Å². The van der Waals surface area contributed by atoms with Gasteiger partial charge in [-0.2, -0.15) is 0 Å². The van der Waals surface area contributed by atoms with Gasteiger partial charge in [-0.25, -0.2) is 4.79 Å². The van der Waals surface area contributed by atoms with Gasteiger partial charge in [0.15, 0.2) is 0 Å². The molecule has 0 aromatic carbocycles. The van der Waals surface area contributed by atoms with Gasteiger partial charge in [-0.1, -0.05) is 90.4 Å². The highest BCUT2D eigenvalue weighted by Gasteiger charge is 2.20. The Morgan fingerprint density at radius 3 is 1.88 bits per heavy atom. The van der Waals surface area contributed by atoms with Gasteiger partial charge in [-0.05, 0) is 6.42 Å². The Labute approximate surface area is 155 Å². The van der Waals surface area contributed by atoms with E-state index in [1.165, 1.54) is 83.5 Å². The lowest BCUT2D eigenvalue weighted by Crippen LogP contribution is -2.36. The molecule has 1 aliphatic rings. The first-order valence-corrected chi connectivity index (χ1v) is 10.7. The van der Waals surface area contributed by atoms with Crippen molar-refractivity contribution < 1.29 is 19.0 Å². The Balaban J connectivity index is 1.70. The van der Waals surface area contributed by atoms with Crippen LogP contribution in [-0.4, -0.2) is 38.5 Å². The van der Waals surface area contributed by atoms with Crippen molar-refractivity contribution >= 4 is 5.97 Å². The van der Waals surface area contributed by atoms with E-state index in [1.807, 2.05) is 0 Å². The van der Waals surface area contributed by atoms with Gasteiger partial charge in [0.1, 0.15) is 12.7 Å². The molecule has 1 atom stereocenters. The number of carbonyl (C=O) groups is 1. The van der Waals surface area contributed by atoms with E-state index in [0.29, 0.717) is 13.2 Å². The van der Waals surface area contributed by atoms with E-state index in [9.17, 15) is 4.79 Å². The van der Waals surface area contributed by atoms with Gasteiger partial charge in [-0.3, -0.25) is 0 Å².